The standard InChI is InChI=1S/C31H36/c1-22(28-17-23(2)30-11-7-6-10-27(30)21-28)12-13-25-19-26-15-14-24(18-29(26)20-25)9-8-16-31(3,4)5/h6-7,10-11,14-15,17-21,29-30H,1-2,8-9,12-13,16H2,3-5H3. The van der Waals surface area contributed by atoms with Gasteiger partial charge in [-0.3, -0.25) is 0 Å². The van der Waals surface area contributed by atoms with Gasteiger partial charge in [0, 0.05) is 11.8 Å². The first-order chi connectivity index (χ1) is 14.8. The van der Waals surface area contributed by atoms with Crippen LogP contribution in [0, 0.1) is 17.3 Å². The normalized spacial score (nSPS) is 24.1. The second kappa shape index (κ2) is 8.87. The van der Waals surface area contributed by atoms with Crippen LogP contribution in [0.25, 0.3) is 0 Å². The van der Waals surface area contributed by atoms with E-state index >= 15 is 0 Å². The average molecular weight is 409 g/mol. The van der Waals surface area contributed by atoms with Crippen molar-refractivity contribution in [3.63, 3.8) is 0 Å². The summed E-state index contributed by atoms with van der Waals surface area (Å²) in [5.74, 6) is 0.803. The van der Waals surface area contributed by atoms with Crippen LogP contribution in [0.4, 0.5) is 0 Å². The fraction of sp³-hybridized carbons (Fsp3) is 0.355. The van der Waals surface area contributed by atoms with E-state index in [-0.39, 0.29) is 0 Å². The van der Waals surface area contributed by atoms with Crippen molar-refractivity contribution in [3.8, 4) is 0 Å². The lowest BCUT2D eigenvalue weighted by molar-refractivity contribution is 0.366. The molecule has 0 radical (unpaired) electrons. The van der Waals surface area contributed by atoms with E-state index in [1.165, 1.54) is 52.7 Å². The molecule has 4 aliphatic rings. The summed E-state index contributed by atoms with van der Waals surface area (Å²) in [7, 11) is 0. The van der Waals surface area contributed by atoms with Gasteiger partial charge in [-0.2, -0.15) is 0 Å². The van der Waals surface area contributed by atoms with Crippen LogP contribution in [0.1, 0.15) is 52.9 Å². The Hall–Kier alpha value is -2.60. The molecule has 0 aromatic carbocycles. The predicted octanol–water partition coefficient (Wildman–Crippen LogP) is 8.68. The molecule has 0 heteroatoms. The van der Waals surface area contributed by atoms with Crippen molar-refractivity contribution < 1.29 is 0 Å². The Morgan fingerprint density at radius 3 is 2.52 bits per heavy atom. The van der Waals surface area contributed by atoms with Gasteiger partial charge in [-0.1, -0.05) is 112 Å². The van der Waals surface area contributed by atoms with Gasteiger partial charge in [0.15, 0.2) is 0 Å². The van der Waals surface area contributed by atoms with Crippen molar-refractivity contribution in [2.24, 2.45) is 17.3 Å². The average Bonchev–Trinajstić information content (AvgIpc) is 3.13. The van der Waals surface area contributed by atoms with Crippen LogP contribution in [0.3, 0.4) is 0 Å². The molecule has 0 saturated heterocycles. The van der Waals surface area contributed by atoms with Crippen LogP contribution in [-0.2, 0) is 0 Å². The molecule has 0 N–H and O–H groups in total. The lowest BCUT2D eigenvalue weighted by Crippen LogP contribution is -2.09. The molecule has 0 heterocycles. The highest BCUT2D eigenvalue weighted by molar-refractivity contribution is 5.56. The van der Waals surface area contributed by atoms with E-state index in [9.17, 15) is 0 Å². The SMILES string of the molecule is C=C(CCC1=CC2C=C(CCCC(C)(C)C)C=CC2=C1)C1=CC(=C)C2C=CC=CC2=C1. The number of rotatable bonds is 7. The summed E-state index contributed by atoms with van der Waals surface area (Å²) < 4.78 is 0. The number of hydrogen-bond acceptors (Lipinski definition) is 0. The van der Waals surface area contributed by atoms with Crippen LogP contribution in [0.2, 0.25) is 0 Å². The summed E-state index contributed by atoms with van der Waals surface area (Å²) in [5.41, 5.74) is 9.74. The molecule has 0 aromatic rings. The smallest absolute Gasteiger partial charge is 0.0267 e. The van der Waals surface area contributed by atoms with Gasteiger partial charge >= 0.3 is 0 Å². The highest BCUT2D eigenvalue weighted by Gasteiger charge is 2.21. The maximum Gasteiger partial charge on any atom is 0.0267 e. The van der Waals surface area contributed by atoms with Crippen LogP contribution in [-0.4, -0.2) is 0 Å². The Morgan fingerprint density at radius 2 is 1.71 bits per heavy atom. The van der Waals surface area contributed by atoms with Crippen LogP contribution in [0.15, 0.2) is 119 Å². The first-order valence-electron chi connectivity index (χ1n) is 11.7. The largest absolute Gasteiger partial charge is 0.0952 e. The minimum atomic E-state index is 0.336. The van der Waals surface area contributed by atoms with E-state index in [0.717, 1.165) is 18.4 Å². The van der Waals surface area contributed by atoms with Crippen molar-refractivity contribution in [2.45, 2.75) is 52.9 Å². The summed E-state index contributed by atoms with van der Waals surface area (Å²) in [6, 6.07) is 0. The van der Waals surface area contributed by atoms with E-state index < -0.39 is 0 Å². The highest BCUT2D eigenvalue weighted by Crippen LogP contribution is 2.37. The van der Waals surface area contributed by atoms with Gasteiger partial charge < -0.3 is 0 Å². The predicted molar refractivity (Wildman–Crippen MR) is 136 cm³/mol. The lowest BCUT2D eigenvalue weighted by Gasteiger charge is -2.24. The molecule has 0 spiro atoms. The molecule has 4 rings (SSSR count). The first kappa shape index (κ1) is 21.6. The fourth-order valence-electron chi connectivity index (χ4n) is 4.81. The van der Waals surface area contributed by atoms with Crippen molar-refractivity contribution >= 4 is 0 Å². The number of allylic oxidation sites excluding steroid dienone is 18. The molecule has 0 amide bonds. The van der Waals surface area contributed by atoms with Gasteiger partial charge in [-0.15, -0.1) is 0 Å². The molecule has 0 aromatic heterocycles. The zero-order chi connectivity index (χ0) is 22.0. The third-order valence-corrected chi connectivity index (χ3v) is 6.66. The van der Waals surface area contributed by atoms with E-state index in [4.69, 9.17) is 0 Å². The van der Waals surface area contributed by atoms with Crippen molar-refractivity contribution in [1.82, 2.24) is 0 Å². The fourth-order valence-corrected chi connectivity index (χ4v) is 4.81. The molecule has 2 atom stereocenters. The van der Waals surface area contributed by atoms with Crippen molar-refractivity contribution in [1.29, 1.82) is 0 Å². The van der Waals surface area contributed by atoms with E-state index in [1.54, 1.807) is 0 Å². The molecule has 0 bridgehead atoms. The van der Waals surface area contributed by atoms with E-state index in [1.807, 2.05) is 0 Å². The molecule has 0 nitrogen and oxygen atoms in total. The molecule has 31 heavy (non-hydrogen) atoms. The van der Waals surface area contributed by atoms with Gasteiger partial charge in [0.1, 0.15) is 0 Å². The quantitative estimate of drug-likeness (QED) is 0.395. The second-order valence-corrected chi connectivity index (χ2v) is 10.5. The van der Waals surface area contributed by atoms with Gasteiger partial charge in [-0.25, -0.2) is 0 Å². The molecule has 0 saturated carbocycles. The molecule has 160 valence electrons. The van der Waals surface area contributed by atoms with Crippen LogP contribution < -0.4 is 0 Å². The Morgan fingerprint density at radius 1 is 0.903 bits per heavy atom. The Balaban J connectivity index is 1.33. The van der Waals surface area contributed by atoms with Crippen LogP contribution in [0.5, 0.6) is 0 Å². The van der Waals surface area contributed by atoms with Gasteiger partial charge in [0.25, 0.3) is 0 Å². The summed E-state index contributed by atoms with van der Waals surface area (Å²) in [4.78, 5) is 0. The maximum absolute atomic E-state index is 4.40. The zero-order valence-corrected chi connectivity index (χ0v) is 19.5. The molecular formula is C31H36. The van der Waals surface area contributed by atoms with Crippen LogP contribution >= 0.6 is 0 Å². The van der Waals surface area contributed by atoms with E-state index in [0.29, 0.717) is 17.3 Å². The maximum atomic E-state index is 4.40. The topological polar surface area (TPSA) is 0 Å². The third-order valence-electron chi connectivity index (χ3n) is 6.66. The third kappa shape index (κ3) is 5.37. The zero-order valence-electron chi connectivity index (χ0n) is 19.5. The van der Waals surface area contributed by atoms with Gasteiger partial charge in [0.2, 0.25) is 0 Å². The Kier molecular flexibility index (Phi) is 6.19. The second-order valence-electron chi connectivity index (χ2n) is 10.5. The van der Waals surface area contributed by atoms with Gasteiger partial charge in [-0.05, 0) is 65.4 Å². The molecule has 0 aliphatic heterocycles. The minimum Gasteiger partial charge on any atom is -0.0952 e. The molecular weight excluding hydrogens is 372 g/mol. The summed E-state index contributed by atoms with van der Waals surface area (Å²) in [6.07, 6.45) is 30.9. The summed E-state index contributed by atoms with van der Waals surface area (Å²) >= 11 is 0. The number of fused-ring (bicyclic) bond motifs is 2. The molecule has 2 unspecified atom stereocenters. The Labute approximate surface area is 189 Å². The summed E-state index contributed by atoms with van der Waals surface area (Å²) in [6.45, 7) is 15.7. The summed E-state index contributed by atoms with van der Waals surface area (Å²) in [5, 5.41) is 0. The molecule has 0 fully saturated rings. The monoisotopic (exact) mass is 408 g/mol. The van der Waals surface area contributed by atoms with Crippen molar-refractivity contribution in [2.75, 3.05) is 0 Å². The minimum absolute atomic E-state index is 0.336. The Bertz CT molecular complexity index is 1010. The number of hydrogen-bond donors (Lipinski definition) is 0. The van der Waals surface area contributed by atoms with Gasteiger partial charge in [0.05, 0.1) is 0 Å². The first-order valence-corrected chi connectivity index (χ1v) is 11.7. The highest BCUT2D eigenvalue weighted by atomic mass is 14.3. The van der Waals surface area contributed by atoms with E-state index in [2.05, 4.69) is 101 Å². The van der Waals surface area contributed by atoms with Crippen molar-refractivity contribution in [3.05, 3.63) is 119 Å². The molecule has 4 aliphatic carbocycles. The lowest BCUT2D eigenvalue weighted by atomic mass is 9.80.